The van der Waals surface area contributed by atoms with Crippen molar-refractivity contribution in [3.8, 4) is 5.75 Å². The molecule has 0 atom stereocenters. The minimum atomic E-state index is 0.743. The lowest BCUT2D eigenvalue weighted by Crippen LogP contribution is -1.99. The predicted octanol–water partition coefficient (Wildman–Crippen LogP) is 2.20. The highest BCUT2D eigenvalue weighted by Gasteiger charge is 1.94. The van der Waals surface area contributed by atoms with E-state index in [1.54, 1.807) is 13.3 Å². The van der Waals surface area contributed by atoms with Crippen LogP contribution in [0.25, 0.3) is 0 Å². The fraction of sp³-hybridized carbons (Fsp3) is 0.545. The van der Waals surface area contributed by atoms with Crippen molar-refractivity contribution in [3.05, 3.63) is 24.0 Å². The molecule has 78 valence electrons. The van der Waals surface area contributed by atoms with E-state index >= 15 is 0 Å². The molecule has 0 spiro atoms. The van der Waals surface area contributed by atoms with Gasteiger partial charge in [0.05, 0.1) is 6.61 Å². The van der Waals surface area contributed by atoms with Crippen molar-refractivity contribution < 1.29 is 9.47 Å². The van der Waals surface area contributed by atoms with E-state index in [0.717, 1.165) is 37.5 Å². The Bertz CT molecular complexity index is 263. The van der Waals surface area contributed by atoms with Gasteiger partial charge in [0.2, 0.25) is 0 Å². The number of nitrogens with zero attached hydrogens (tertiary/aromatic N) is 1. The summed E-state index contributed by atoms with van der Waals surface area (Å²) in [5, 5.41) is 0. The smallest absolute Gasteiger partial charge is 0.122 e. The Hall–Kier alpha value is -1.09. The molecule has 1 rings (SSSR count). The first-order chi connectivity index (χ1) is 6.83. The largest absolute Gasteiger partial charge is 0.493 e. The quantitative estimate of drug-likeness (QED) is 0.652. The van der Waals surface area contributed by atoms with Crippen molar-refractivity contribution in [2.75, 3.05) is 20.3 Å². The molecule has 0 aliphatic carbocycles. The molecule has 0 saturated carbocycles. The first-order valence-corrected chi connectivity index (χ1v) is 4.87. The molecule has 0 amide bonds. The van der Waals surface area contributed by atoms with Gasteiger partial charge < -0.3 is 9.47 Å². The van der Waals surface area contributed by atoms with Gasteiger partial charge in [0.15, 0.2) is 0 Å². The van der Waals surface area contributed by atoms with Gasteiger partial charge in [-0.25, -0.2) is 0 Å². The van der Waals surface area contributed by atoms with Crippen molar-refractivity contribution in [1.82, 2.24) is 4.98 Å². The van der Waals surface area contributed by atoms with E-state index in [1.165, 1.54) is 0 Å². The minimum absolute atomic E-state index is 0.743. The summed E-state index contributed by atoms with van der Waals surface area (Å²) in [5.41, 5.74) is 0.986. The van der Waals surface area contributed by atoms with Gasteiger partial charge in [0.25, 0.3) is 0 Å². The Balaban J connectivity index is 2.18. The van der Waals surface area contributed by atoms with E-state index in [0.29, 0.717) is 0 Å². The molecule has 0 bridgehead atoms. The van der Waals surface area contributed by atoms with Crippen molar-refractivity contribution in [2.45, 2.75) is 19.8 Å². The van der Waals surface area contributed by atoms with Crippen LogP contribution in [-0.4, -0.2) is 25.3 Å². The number of unbranched alkanes of at least 4 members (excludes halogenated alkanes) is 1. The van der Waals surface area contributed by atoms with E-state index in [2.05, 4.69) is 4.98 Å². The number of hydrogen-bond acceptors (Lipinski definition) is 3. The van der Waals surface area contributed by atoms with E-state index in [1.807, 2.05) is 19.1 Å². The Labute approximate surface area is 85.1 Å². The summed E-state index contributed by atoms with van der Waals surface area (Å²) in [7, 11) is 1.72. The van der Waals surface area contributed by atoms with Crippen LogP contribution in [0.2, 0.25) is 0 Å². The molecular formula is C11H17NO2. The molecule has 0 aliphatic rings. The summed E-state index contributed by atoms with van der Waals surface area (Å²) in [6.45, 7) is 3.50. The number of pyridine rings is 1. The van der Waals surface area contributed by atoms with Crippen LogP contribution in [0.4, 0.5) is 0 Å². The van der Waals surface area contributed by atoms with Crippen LogP contribution < -0.4 is 4.74 Å². The van der Waals surface area contributed by atoms with Gasteiger partial charge in [0.1, 0.15) is 5.75 Å². The average Bonchev–Trinajstić information content (AvgIpc) is 2.18. The Morgan fingerprint density at radius 1 is 1.29 bits per heavy atom. The third-order valence-corrected chi connectivity index (χ3v) is 1.88. The molecule has 0 fully saturated rings. The van der Waals surface area contributed by atoms with Crippen LogP contribution in [0.3, 0.4) is 0 Å². The zero-order chi connectivity index (χ0) is 10.2. The van der Waals surface area contributed by atoms with Crippen LogP contribution in [0.5, 0.6) is 5.75 Å². The highest BCUT2D eigenvalue weighted by molar-refractivity contribution is 5.21. The molecule has 0 radical (unpaired) electrons. The van der Waals surface area contributed by atoms with Gasteiger partial charge in [-0.15, -0.1) is 0 Å². The summed E-state index contributed by atoms with van der Waals surface area (Å²) in [6, 6.07) is 3.82. The van der Waals surface area contributed by atoms with E-state index in [-0.39, 0.29) is 0 Å². The molecule has 3 nitrogen and oxygen atoms in total. The fourth-order valence-corrected chi connectivity index (χ4v) is 1.15. The molecular weight excluding hydrogens is 178 g/mol. The predicted molar refractivity (Wildman–Crippen MR) is 55.6 cm³/mol. The second-order valence-corrected chi connectivity index (χ2v) is 3.18. The first kappa shape index (κ1) is 11.0. The lowest BCUT2D eigenvalue weighted by molar-refractivity contribution is 0.184. The summed E-state index contributed by atoms with van der Waals surface area (Å²) >= 11 is 0. The van der Waals surface area contributed by atoms with Gasteiger partial charge in [-0.05, 0) is 25.8 Å². The van der Waals surface area contributed by atoms with Gasteiger partial charge in [-0.2, -0.15) is 0 Å². The van der Waals surface area contributed by atoms with Gasteiger partial charge in [-0.1, -0.05) is 0 Å². The molecule has 1 heterocycles. The highest BCUT2D eigenvalue weighted by atomic mass is 16.5. The topological polar surface area (TPSA) is 31.4 Å². The van der Waals surface area contributed by atoms with Crippen molar-refractivity contribution in [3.63, 3.8) is 0 Å². The molecule has 0 unspecified atom stereocenters. The monoisotopic (exact) mass is 195 g/mol. The minimum Gasteiger partial charge on any atom is -0.493 e. The molecule has 3 heteroatoms. The normalized spacial score (nSPS) is 10.1. The number of aromatic nitrogens is 1. The number of ether oxygens (including phenoxy) is 2. The van der Waals surface area contributed by atoms with Crippen LogP contribution in [0, 0.1) is 6.92 Å². The lowest BCUT2D eigenvalue weighted by atomic mass is 10.3. The maximum atomic E-state index is 5.54. The van der Waals surface area contributed by atoms with Crippen LogP contribution >= 0.6 is 0 Å². The second-order valence-electron chi connectivity index (χ2n) is 3.18. The molecule has 1 aromatic rings. The van der Waals surface area contributed by atoms with Crippen LogP contribution in [0.15, 0.2) is 18.3 Å². The van der Waals surface area contributed by atoms with Crippen molar-refractivity contribution in [1.29, 1.82) is 0 Å². The average molecular weight is 195 g/mol. The number of rotatable bonds is 6. The van der Waals surface area contributed by atoms with Gasteiger partial charge >= 0.3 is 0 Å². The Morgan fingerprint density at radius 2 is 2.07 bits per heavy atom. The van der Waals surface area contributed by atoms with Gasteiger partial charge in [-0.3, -0.25) is 4.98 Å². The maximum Gasteiger partial charge on any atom is 0.122 e. The SMILES string of the molecule is COCCCCOc1ccnc(C)c1. The van der Waals surface area contributed by atoms with Gasteiger partial charge in [0, 0.05) is 31.7 Å². The third-order valence-electron chi connectivity index (χ3n) is 1.88. The van der Waals surface area contributed by atoms with Crippen LogP contribution in [-0.2, 0) is 4.74 Å². The van der Waals surface area contributed by atoms with E-state index in [9.17, 15) is 0 Å². The molecule has 0 saturated heterocycles. The number of methoxy groups -OCH3 is 1. The maximum absolute atomic E-state index is 5.54. The highest BCUT2D eigenvalue weighted by Crippen LogP contribution is 2.10. The zero-order valence-electron chi connectivity index (χ0n) is 8.82. The van der Waals surface area contributed by atoms with E-state index < -0.39 is 0 Å². The molecule has 0 N–H and O–H groups in total. The van der Waals surface area contributed by atoms with Crippen molar-refractivity contribution >= 4 is 0 Å². The number of aryl methyl sites for hydroxylation is 1. The zero-order valence-corrected chi connectivity index (χ0v) is 8.82. The summed E-state index contributed by atoms with van der Waals surface area (Å²) in [4.78, 5) is 4.10. The third kappa shape index (κ3) is 4.23. The molecule has 0 aromatic carbocycles. The first-order valence-electron chi connectivity index (χ1n) is 4.87. The Morgan fingerprint density at radius 3 is 2.79 bits per heavy atom. The Kier molecular flexibility index (Phi) is 5.00. The van der Waals surface area contributed by atoms with Crippen LogP contribution in [0.1, 0.15) is 18.5 Å². The standard InChI is InChI=1S/C11H17NO2/c1-10-9-11(5-6-12-10)14-8-4-3-7-13-2/h5-6,9H,3-4,7-8H2,1-2H3. The summed E-state index contributed by atoms with van der Waals surface area (Å²) < 4.78 is 10.5. The summed E-state index contributed by atoms with van der Waals surface area (Å²) in [6.07, 6.45) is 3.83. The lowest BCUT2D eigenvalue weighted by Gasteiger charge is -2.05. The van der Waals surface area contributed by atoms with Crippen molar-refractivity contribution in [2.24, 2.45) is 0 Å². The fourth-order valence-electron chi connectivity index (χ4n) is 1.15. The second kappa shape index (κ2) is 6.38. The summed E-state index contributed by atoms with van der Waals surface area (Å²) in [5.74, 6) is 0.898. The molecule has 14 heavy (non-hydrogen) atoms. The number of hydrogen-bond donors (Lipinski definition) is 0. The molecule has 0 aliphatic heterocycles. The van der Waals surface area contributed by atoms with E-state index in [4.69, 9.17) is 9.47 Å². The molecule has 1 aromatic heterocycles.